The van der Waals surface area contributed by atoms with Gasteiger partial charge < -0.3 is 20.3 Å². The molecule has 0 saturated carbocycles. The first kappa shape index (κ1) is 76.9. The fourth-order valence-electron chi connectivity index (χ4n) is 11.9. The van der Waals surface area contributed by atoms with Gasteiger partial charge in [-0.15, -0.1) is 0 Å². The molecule has 6 heteroatoms. The van der Waals surface area contributed by atoms with E-state index in [0.29, 0.717) is 25.9 Å². The summed E-state index contributed by atoms with van der Waals surface area (Å²) >= 11 is 0. The standard InChI is InChI=1S/C72H143NO5/c1-3-5-7-9-11-13-15-17-18-19-20-21-26-29-32-35-38-41-44-48-52-56-60-64-70(75)69(68-74)73-71(76)65-61-57-53-49-45-42-39-36-33-30-27-24-22-23-25-28-31-34-37-40-43-47-51-55-59-63-67-78-72(77)66-62-58-54-50-46-16-14-12-10-8-6-4-2/h69-70,74-75H,3-68H2,1-2H3,(H,73,76). The van der Waals surface area contributed by atoms with Crippen molar-refractivity contribution in [2.45, 2.75) is 437 Å². The Bertz CT molecular complexity index is 1130. The van der Waals surface area contributed by atoms with Gasteiger partial charge in [-0.1, -0.05) is 386 Å². The Morgan fingerprint density at radius 2 is 0.526 bits per heavy atom. The summed E-state index contributed by atoms with van der Waals surface area (Å²) in [6.07, 6.45) is 83.0. The third-order valence-electron chi connectivity index (χ3n) is 17.4. The zero-order chi connectivity index (χ0) is 56.4. The van der Waals surface area contributed by atoms with Gasteiger partial charge in [-0.2, -0.15) is 0 Å². The summed E-state index contributed by atoms with van der Waals surface area (Å²) in [4.78, 5) is 24.6. The fraction of sp³-hybridized carbons (Fsp3) is 0.972. The van der Waals surface area contributed by atoms with Crippen LogP contribution in [0, 0.1) is 0 Å². The number of carbonyl (C=O) groups is 2. The van der Waals surface area contributed by atoms with Gasteiger partial charge in [0.2, 0.25) is 5.91 Å². The smallest absolute Gasteiger partial charge is 0.305 e. The van der Waals surface area contributed by atoms with Crippen molar-refractivity contribution in [2.24, 2.45) is 0 Å². The zero-order valence-corrected chi connectivity index (χ0v) is 53.4. The third kappa shape index (κ3) is 64.0. The summed E-state index contributed by atoms with van der Waals surface area (Å²) in [7, 11) is 0. The maximum absolute atomic E-state index is 12.6. The molecule has 0 aliphatic carbocycles. The van der Waals surface area contributed by atoms with Crippen molar-refractivity contribution in [3.63, 3.8) is 0 Å². The van der Waals surface area contributed by atoms with E-state index in [4.69, 9.17) is 4.74 Å². The highest BCUT2D eigenvalue weighted by Gasteiger charge is 2.20. The Kier molecular flexibility index (Phi) is 67.4. The highest BCUT2D eigenvalue weighted by atomic mass is 16.5. The van der Waals surface area contributed by atoms with Crippen LogP contribution in [0.1, 0.15) is 425 Å². The molecule has 0 aromatic rings. The maximum atomic E-state index is 12.6. The van der Waals surface area contributed by atoms with E-state index in [2.05, 4.69) is 19.2 Å². The van der Waals surface area contributed by atoms with Crippen LogP contribution in [0.5, 0.6) is 0 Å². The van der Waals surface area contributed by atoms with Gasteiger partial charge in [-0.05, 0) is 25.7 Å². The molecule has 0 radical (unpaired) electrons. The lowest BCUT2D eigenvalue weighted by Gasteiger charge is -2.22. The van der Waals surface area contributed by atoms with E-state index in [1.54, 1.807) is 0 Å². The van der Waals surface area contributed by atoms with E-state index in [9.17, 15) is 19.8 Å². The molecule has 2 atom stereocenters. The summed E-state index contributed by atoms with van der Waals surface area (Å²) in [5.41, 5.74) is 0. The number of aliphatic hydroxyl groups is 2. The van der Waals surface area contributed by atoms with E-state index < -0.39 is 12.1 Å². The molecule has 3 N–H and O–H groups in total. The molecular formula is C72H143NO5. The average Bonchev–Trinajstić information content (AvgIpc) is 3.44. The first-order valence-electron chi connectivity index (χ1n) is 36.3. The van der Waals surface area contributed by atoms with Crippen LogP contribution >= 0.6 is 0 Å². The van der Waals surface area contributed by atoms with Gasteiger partial charge in [0.1, 0.15) is 0 Å². The number of hydrogen-bond acceptors (Lipinski definition) is 5. The van der Waals surface area contributed by atoms with Gasteiger partial charge in [-0.3, -0.25) is 9.59 Å². The van der Waals surface area contributed by atoms with Gasteiger partial charge in [0.15, 0.2) is 0 Å². The van der Waals surface area contributed by atoms with Gasteiger partial charge in [0, 0.05) is 12.8 Å². The minimum atomic E-state index is -0.663. The number of aliphatic hydroxyl groups excluding tert-OH is 2. The molecule has 0 heterocycles. The van der Waals surface area contributed by atoms with Gasteiger partial charge >= 0.3 is 5.97 Å². The van der Waals surface area contributed by atoms with E-state index >= 15 is 0 Å². The molecule has 6 nitrogen and oxygen atoms in total. The summed E-state index contributed by atoms with van der Waals surface area (Å²) in [6.45, 7) is 5.00. The van der Waals surface area contributed by atoms with Crippen molar-refractivity contribution in [1.29, 1.82) is 0 Å². The topological polar surface area (TPSA) is 95.9 Å². The lowest BCUT2D eigenvalue weighted by atomic mass is 10.0. The second-order valence-electron chi connectivity index (χ2n) is 25.3. The summed E-state index contributed by atoms with van der Waals surface area (Å²) in [5.74, 6) is -0.00736. The van der Waals surface area contributed by atoms with Crippen molar-refractivity contribution >= 4 is 11.9 Å². The van der Waals surface area contributed by atoms with E-state index in [-0.39, 0.29) is 18.5 Å². The molecule has 0 aliphatic heterocycles. The third-order valence-corrected chi connectivity index (χ3v) is 17.4. The predicted octanol–water partition coefficient (Wildman–Crippen LogP) is 23.4. The van der Waals surface area contributed by atoms with Gasteiger partial charge in [0.05, 0.1) is 25.4 Å². The quantitative estimate of drug-likeness (QED) is 0.0417. The van der Waals surface area contributed by atoms with Crippen LogP contribution in [-0.4, -0.2) is 47.4 Å². The number of nitrogens with one attached hydrogen (secondary N) is 1. The molecule has 2 unspecified atom stereocenters. The molecule has 466 valence electrons. The average molecular weight is 1100 g/mol. The summed E-state index contributed by atoms with van der Waals surface area (Å²) < 4.78 is 5.48. The lowest BCUT2D eigenvalue weighted by Crippen LogP contribution is -2.45. The first-order chi connectivity index (χ1) is 38.5. The second-order valence-corrected chi connectivity index (χ2v) is 25.3. The van der Waals surface area contributed by atoms with E-state index in [0.717, 1.165) is 38.5 Å². The van der Waals surface area contributed by atoms with Crippen molar-refractivity contribution in [2.75, 3.05) is 13.2 Å². The highest BCUT2D eigenvalue weighted by Crippen LogP contribution is 2.20. The number of esters is 1. The second kappa shape index (κ2) is 68.4. The van der Waals surface area contributed by atoms with E-state index in [1.165, 1.54) is 353 Å². The molecule has 1 amide bonds. The molecule has 0 bridgehead atoms. The van der Waals surface area contributed by atoms with Crippen molar-refractivity contribution in [1.82, 2.24) is 5.32 Å². The molecular weight excluding hydrogens is 959 g/mol. The normalized spacial score (nSPS) is 12.4. The molecule has 0 rings (SSSR count). The van der Waals surface area contributed by atoms with Crippen molar-refractivity contribution in [3.8, 4) is 0 Å². The molecule has 0 aliphatic rings. The fourth-order valence-corrected chi connectivity index (χ4v) is 11.9. The maximum Gasteiger partial charge on any atom is 0.305 e. The number of hydrogen-bond donors (Lipinski definition) is 3. The number of ether oxygens (including phenoxy) is 1. The van der Waals surface area contributed by atoms with Gasteiger partial charge in [-0.25, -0.2) is 0 Å². The van der Waals surface area contributed by atoms with Crippen LogP contribution in [0.15, 0.2) is 0 Å². The predicted molar refractivity (Wildman–Crippen MR) is 343 cm³/mol. The molecule has 0 saturated heterocycles. The summed E-state index contributed by atoms with van der Waals surface area (Å²) in [6, 6.07) is -0.540. The van der Waals surface area contributed by atoms with Gasteiger partial charge in [0.25, 0.3) is 0 Å². The minimum absolute atomic E-state index is 0.0194. The summed E-state index contributed by atoms with van der Waals surface area (Å²) in [5, 5.41) is 23.4. The largest absolute Gasteiger partial charge is 0.466 e. The lowest BCUT2D eigenvalue weighted by molar-refractivity contribution is -0.143. The van der Waals surface area contributed by atoms with Crippen LogP contribution in [0.4, 0.5) is 0 Å². The Morgan fingerprint density at radius 1 is 0.308 bits per heavy atom. The van der Waals surface area contributed by atoms with Crippen LogP contribution in [0.3, 0.4) is 0 Å². The van der Waals surface area contributed by atoms with Crippen molar-refractivity contribution < 1.29 is 24.5 Å². The monoisotopic (exact) mass is 1100 g/mol. The van der Waals surface area contributed by atoms with Crippen LogP contribution in [-0.2, 0) is 14.3 Å². The number of amides is 1. The Hall–Kier alpha value is -1.14. The SMILES string of the molecule is CCCCCCCCCCCCCCCCCCCCCCCCCC(O)C(CO)NC(=O)CCCCCCCCCCCCCCCCCCCCCCCCCCCCOC(=O)CCCCCCCCCCCCCC. The molecule has 78 heavy (non-hydrogen) atoms. The van der Waals surface area contributed by atoms with Crippen LogP contribution < -0.4 is 5.32 Å². The highest BCUT2D eigenvalue weighted by molar-refractivity contribution is 5.76. The Morgan fingerprint density at radius 3 is 0.782 bits per heavy atom. The molecule has 0 fully saturated rings. The Labute approximate surface area is 489 Å². The Balaban J connectivity index is 3.35. The minimum Gasteiger partial charge on any atom is -0.466 e. The first-order valence-corrected chi connectivity index (χ1v) is 36.3. The zero-order valence-electron chi connectivity index (χ0n) is 53.4. The molecule has 0 spiro atoms. The van der Waals surface area contributed by atoms with Crippen LogP contribution in [0.25, 0.3) is 0 Å². The van der Waals surface area contributed by atoms with Crippen LogP contribution in [0.2, 0.25) is 0 Å². The van der Waals surface area contributed by atoms with E-state index in [1.807, 2.05) is 0 Å². The van der Waals surface area contributed by atoms with Crippen molar-refractivity contribution in [3.05, 3.63) is 0 Å². The molecule has 0 aromatic carbocycles. The number of unbranched alkanes of at least 4 members (excludes halogenated alkanes) is 58. The molecule has 0 aromatic heterocycles. The number of carbonyl (C=O) groups excluding carboxylic acids is 2. The number of rotatable bonds is 69.